The number of likely N-dealkylation sites (tertiary alicyclic amines) is 1. The molecule has 8 heteroatoms. The number of hydrogen-bond acceptors (Lipinski definition) is 7. The van der Waals surface area contributed by atoms with Gasteiger partial charge in [-0.05, 0) is 88.7 Å². The molecule has 2 unspecified atom stereocenters. The number of nitrogens with one attached hydrogen (secondary N) is 1. The Morgan fingerprint density at radius 1 is 1.05 bits per heavy atom. The second kappa shape index (κ2) is 10.2. The summed E-state index contributed by atoms with van der Waals surface area (Å²) in [6.07, 6.45) is 7.73. The Kier molecular flexibility index (Phi) is 6.55. The number of halogens is 1. The van der Waals surface area contributed by atoms with Gasteiger partial charge in [-0.1, -0.05) is 18.2 Å². The molecule has 3 fully saturated rings. The first-order chi connectivity index (χ1) is 19.0. The largest absolute Gasteiger partial charge is 0.463 e. The van der Waals surface area contributed by atoms with Gasteiger partial charge in [0.25, 0.3) is 0 Å². The van der Waals surface area contributed by atoms with Crippen molar-refractivity contribution in [2.45, 2.75) is 70.0 Å². The zero-order chi connectivity index (χ0) is 26.5. The molecule has 5 heterocycles. The number of hydrogen-bond donors (Lipinski definition) is 1. The highest BCUT2D eigenvalue weighted by Crippen LogP contribution is 2.40. The fourth-order valence-corrected chi connectivity index (χ4v) is 7.32. The van der Waals surface area contributed by atoms with Crippen molar-refractivity contribution in [3.8, 4) is 6.01 Å². The van der Waals surface area contributed by atoms with Gasteiger partial charge >= 0.3 is 6.01 Å². The van der Waals surface area contributed by atoms with Gasteiger partial charge in [0.15, 0.2) is 5.82 Å². The van der Waals surface area contributed by atoms with Crippen LogP contribution in [0, 0.1) is 12.7 Å². The zero-order valence-corrected chi connectivity index (χ0v) is 23.1. The van der Waals surface area contributed by atoms with Gasteiger partial charge in [-0.25, -0.2) is 4.39 Å². The molecule has 0 aliphatic carbocycles. The molecule has 39 heavy (non-hydrogen) atoms. The molecule has 2 bridgehead atoms. The first kappa shape index (κ1) is 25.0. The topological polar surface area (TPSA) is 56.8 Å². The van der Waals surface area contributed by atoms with Gasteiger partial charge in [0.1, 0.15) is 11.3 Å². The fraction of sp³-hybridized carbons (Fsp3) is 0.548. The van der Waals surface area contributed by atoms with Crippen LogP contribution in [-0.4, -0.2) is 72.8 Å². The van der Waals surface area contributed by atoms with Crippen LogP contribution in [0.3, 0.4) is 0 Å². The van der Waals surface area contributed by atoms with Crippen molar-refractivity contribution in [3.63, 3.8) is 0 Å². The number of nitrogens with zero attached hydrogens (tertiary/aromatic N) is 5. The maximum atomic E-state index is 16.6. The van der Waals surface area contributed by atoms with Crippen LogP contribution in [0.25, 0.3) is 10.9 Å². The molecule has 7 rings (SSSR count). The van der Waals surface area contributed by atoms with E-state index in [1.54, 1.807) is 0 Å². The van der Waals surface area contributed by atoms with Crippen molar-refractivity contribution in [1.82, 2.24) is 20.2 Å². The summed E-state index contributed by atoms with van der Waals surface area (Å²) >= 11 is 0. The average molecular weight is 533 g/mol. The molecule has 0 spiro atoms. The molecule has 1 aromatic heterocycles. The fourth-order valence-electron chi connectivity index (χ4n) is 7.32. The lowest BCUT2D eigenvalue weighted by molar-refractivity contribution is 0.223. The summed E-state index contributed by atoms with van der Waals surface area (Å²) < 4.78 is 22.7. The van der Waals surface area contributed by atoms with Gasteiger partial charge in [-0.2, -0.15) is 9.97 Å². The number of anilines is 3. The van der Waals surface area contributed by atoms with Crippen molar-refractivity contribution in [2.75, 3.05) is 49.6 Å². The number of rotatable bonds is 6. The van der Waals surface area contributed by atoms with Gasteiger partial charge < -0.3 is 24.8 Å². The van der Waals surface area contributed by atoms with Gasteiger partial charge in [-0.3, -0.25) is 0 Å². The van der Waals surface area contributed by atoms with Crippen LogP contribution in [0.2, 0.25) is 0 Å². The Balaban J connectivity index is 0.00000289. The number of piperazine rings is 1. The second-order valence-corrected chi connectivity index (χ2v) is 11.9. The molecule has 3 atom stereocenters. The lowest BCUT2D eigenvalue weighted by atomic mass is 9.97. The minimum Gasteiger partial charge on any atom is -0.463 e. The number of fused-ring (bicyclic) bond motifs is 4. The Morgan fingerprint density at radius 2 is 1.90 bits per heavy atom. The minimum atomic E-state index is -0.286. The Labute approximate surface area is 231 Å². The molecule has 0 saturated carbocycles. The van der Waals surface area contributed by atoms with E-state index in [1.807, 2.05) is 12.1 Å². The third kappa shape index (κ3) is 4.61. The predicted molar refractivity (Wildman–Crippen MR) is 156 cm³/mol. The summed E-state index contributed by atoms with van der Waals surface area (Å²) in [5.74, 6) is 0.512. The summed E-state index contributed by atoms with van der Waals surface area (Å²) in [6, 6.07) is 12.1. The van der Waals surface area contributed by atoms with Crippen molar-refractivity contribution < 1.29 is 10.6 Å². The molecule has 4 aliphatic heterocycles. The van der Waals surface area contributed by atoms with E-state index in [4.69, 9.17) is 14.7 Å². The monoisotopic (exact) mass is 532 g/mol. The smallest absolute Gasteiger partial charge is 0.319 e. The average Bonchev–Trinajstić information content (AvgIpc) is 3.51. The van der Waals surface area contributed by atoms with Crippen LogP contribution in [0.1, 0.15) is 51.1 Å². The van der Waals surface area contributed by atoms with Crippen LogP contribution >= 0.6 is 0 Å². The first-order valence-corrected chi connectivity index (χ1v) is 14.8. The highest BCUT2D eigenvalue weighted by molar-refractivity contribution is 5.93. The van der Waals surface area contributed by atoms with Gasteiger partial charge in [0, 0.05) is 50.3 Å². The second-order valence-electron chi connectivity index (χ2n) is 11.9. The van der Waals surface area contributed by atoms with Gasteiger partial charge in [-0.15, -0.1) is 0 Å². The van der Waals surface area contributed by atoms with Crippen molar-refractivity contribution >= 4 is 28.1 Å². The van der Waals surface area contributed by atoms with Crippen LogP contribution < -0.4 is 19.9 Å². The zero-order valence-electron chi connectivity index (χ0n) is 23.1. The Morgan fingerprint density at radius 3 is 2.69 bits per heavy atom. The molecule has 4 aliphatic rings. The van der Waals surface area contributed by atoms with E-state index in [0.29, 0.717) is 35.9 Å². The molecular formula is C31H41FN6O. The van der Waals surface area contributed by atoms with Crippen molar-refractivity contribution in [1.29, 1.82) is 0 Å². The van der Waals surface area contributed by atoms with E-state index >= 15 is 4.39 Å². The van der Waals surface area contributed by atoms with Crippen LogP contribution in [0.5, 0.6) is 6.01 Å². The normalized spacial score (nSPS) is 24.9. The van der Waals surface area contributed by atoms with E-state index in [1.165, 1.54) is 36.8 Å². The molecule has 208 valence electrons. The third-order valence-corrected chi connectivity index (χ3v) is 9.33. The molecule has 1 N–H and O–H groups in total. The maximum absolute atomic E-state index is 16.6. The first-order valence-electron chi connectivity index (χ1n) is 14.8. The lowest BCUT2D eigenvalue weighted by Crippen LogP contribution is -2.51. The number of benzene rings is 2. The Hall–Kier alpha value is -2.97. The lowest BCUT2D eigenvalue weighted by Gasteiger charge is -2.35. The van der Waals surface area contributed by atoms with Crippen LogP contribution in [-0.2, 0) is 6.42 Å². The predicted octanol–water partition coefficient (Wildman–Crippen LogP) is 5.21. The molecule has 0 radical (unpaired) electrons. The van der Waals surface area contributed by atoms with E-state index in [0.717, 1.165) is 62.3 Å². The SMILES string of the molecule is Cc1cccc2c1N(c1ccc3c(N4CC5CCC(C4)N5)nc(OCC[C@@H]4CCCN4C)nc3c1F)CCC2.[HH]. The highest BCUT2D eigenvalue weighted by atomic mass is 19.1. The number of aryl methyl sites for hydroxylation is 2. The van der Waals surface area contributed by atoms with E-state index in [-0.39, 0.29) is 13.3 Å². The minimum absolute atomic E-state index is 0. The van der Waals surface area contributed by atoms with Crippen molar-refractivity contribution in [2.24, 2.45) is 0 Å². The van der Waals surface area contributed by atoms with Gasteiger partial charge in [0.2, 0.25) is 0 Å². The van der Waals surface area contributed by atoms with E-state index < -0.39 is 0 Å². The van der Waals surface area contributed by atoms with Crippen LogP contribution in [0.15, 0.2) is 30.3 Å². The van der Waals surface area contributed by atoms with E-state index in [2.05, 4.69) is 52.2 Å². The quantitative estimate of drug-likeness (QED) is 0.468. The maximum Gasteiger partial charge on any atom is 0.319 e. The van der Waals surface area contributed by atoms with E-state index in [9.17, 15) is 0 Å². The molecule has 3 aromatic rings. The standard InChI is InChI=1S/C31H39FN6O.H2/c1-20-6-3-7-21-8-4-16-38(29(20)21)26-13-12-25-28(27(26)32)34-31(39-17-14-24-9-5-15-36(24)2)35-30(25)37-18-22-10-11-23(19-37)33-22;/h3,6-7,12-13,22-24,33H,4-5,8-11,14-19H2,1-2H3;1H/t22?,23?,24-;/m0./s1. The summed E-state index contributed by atoms with van der Waals surface area (Å²) in [4.78, 5) is 16.5. The number of para-hydroxylation sites is 1. The number of ether oxygens (including phenoxy) is 1. The molecule has 0 amide bonds. The van der Waals surface area contributed by atoms with Crippen LogP contribution in [0.4, 0.5) is 21.6 Å². The van der Waals surface area contributed by atoms with Gasteiger partial charge in [0.05, 0.1) is 12.3 Å². The third-order valence-electron chi connectivity index (χ3n) is 9.33. The summed E-state index contributed by atoms with van der Waals surface area (Å²) in [5.41, 5.74) is 4.53. The Bertz CT molecular complexity index is 1380. The highest BCUT2D eigenvalue weighted by Gasteiger charge is 2.34. The van der Waals surface area contributed by atoms with Crippen molar-refractivity contribution in [3.05, 3.63) is 47.3 Å². The summed E-state index contributed by atoms with van der Waals surface area (Å²) in [5, 5.41) is 4.46. The number of aromatic nitrogens is 2. The molecular weight excluding hydrogens is 491 g/mol. The molecule has 3 saturated heterocycles. The summed E-state index contributed by atoms with van der Waals surface area (Å²) in [7, 11) is 2.18. The molecule has 7 nitrogen and oxygen atoms in total. The summed E-state index contributed by atoms with van der Waals surface area (Å²) in [6.45, 7) is 6.32. The molecule has 2 aromatic carbocycles.